The van der Waals surface area contributed by atoms with Crippen LogP contribution in [0.1, 0.15) is 17.6 Å². The molecule has 4 aromatic rings. The minimum Gasteiger partial charge on any atom is -0.491 e. The Kier molecular flexibility index (Phi) is 6.92. The van der Waals surface area contributed by atoms with E-state index < -0.39 is 6.10 Å². The van der Waals surface area contributed by atoms with Crippen LogP contribution < -0.4 is 4.74 Å². The maximum absolute atomic E-state index is 10.6. The summed E-state index contributed by atoms with van der Waals surface area (Å²) in [6, 6.07) is 18.3. The van der Waals surface area contributed by atoms with Gasteiger partial charge in [0.15, 0.2) is 5.76 Å². The van der Waals surface area contributed by atoms with Gasteiger partial charge in [-0.05, 0) is 26.0 Å². The van der Waals surface area contributed by atoms with Crippen molar-refractivity contribution in [3.8, 4) is 17.1 Å². The Morgan fingerprint density at radius 1 is 1.18 bits per heavy atom. The molecule has 5 rings (SSSR count). The normalized spacial score (nSPS) is 18.4. The molecule has 1 N–H and O–H groups in total. The van der Waals surface area contributed by atoms with Crippen molar-refractivity contribution in [2.45, 2.75) is 32.5 Å². The van der Waals surface area contributed by atoms with E-state index in [1.54, 1.807) is 11.3 Å². The standard InChI is InChI=1S/C26H30N4O3S/c1-18-14-29(15-21-12-25(33-28-21)20-6-4-3-5-7-20)10-11-30(18)16-22(31)17-32-23-8-9-26-24(13-23)27-19(2)34-26/h3-9,12-13,18,22,31H,10-11,14-17H2,1-2H3. The van der Waals surface area contributed by atoms with Gasteiger partial charge in [0, 0.05) is 56.5 Å². The Bertz CT molecular complexity index is 1230. The van der Waals surface area contributed by atoms with Gasteiger partial charge in [-0.1, -0.05) is 35.5 Å². The molecule has 0 aliphatic carbocycles. The van der Waals surface area contributed by atoms with Crippen LogP contribution in [0.3, 0.4) is 0 Å². The molecule has 7 nitrogen and oxygen atoms in total. The van der Waals surface area contributed by atoms with Crippen molar-refractivity contribution < 1.29 is 14.4 Å². The molecule has 2 aromatic heterocycles. The number of fused-ring (bicyclic) bond motifs is 1. The molecule has 0 spiro atoms. The molecule has 0 amide bonds. The third-order valence-corrected chi connectivity index (χ3v) is 7.16. The molecule has 2 unspecified atom stereocenters. The van der Waals surface area contributed by atoms with E-state index in [0.29, 0.717) is 12.6 Å². The molecule has 1 fully saturated rings. The van der Waals surface area contributed by atoms with E-state index >= 15 is 0 Å². The van der Waals surface area contributed by atoms with Gasteiger partial charge in [-0.25, -0.2) is 4.98 Å². The molecule has 3 heterocycles. The number of β-amino-alcohol motifs (C(OH)–C–C–N with tert-alkyl or cyclic N) is 1. The van der Waals surface area contributed by atoms with Crippen LogP contribution in [0.2, 0.25) is 0 Å². The van der Waals surface area contributed by atoms with Gasteiger partial charge in [0.2, 0.25) is 0 Å². The Hall–Kier alpha value is -2.78. The first-order chi connectivity index (χ1) is 16.5. The van der Waals surface area contributed by atoms with Gasteiger partial charge in [0.25, 0.3) is 0 Å². The number of aliphatic hydroxyl groups excluding tert-OH is 1. The number of aromatic nitrogens is 2. The fraction of sp³-hybridized carbons (Fsp3) is 0.385. The monoisotopic (exact) mass is 478 g/mol. The number of ether oxygens (including phenoxy) is 1. The number of aliphatic hydroxyl groups is 1. The Morgan fingerprint density at radius 3 is 2.85 bits per heavy atom. The zero-order valence-electron chi connectivity index (χ0n) is 19.6. The summed E-state index contributed by atoms with van der Waals surface area (Å²) < 4.78 is 12.6. The number of nitrogens with zero attached hydrogens (tertiary/aromatic N) is 4. The van der Waals surface area contributed by atoms with Crippen LogP contribution in [0.15, 0.2) is 59.1 Å². The third-order valence-electron chi connectivity index (χ3n) is 6.21. The molecule has 2 atom stereocenters. The summed E-state index contributed by atoms with van der Waals surface area (Å²) in [7, 11) is 0. The highest BCUT2D eigenvalue weighted by Gasteiger charge is 2.26. The number of hydrogen-bond acceptors (Lipinski definition) is 8. The van der Waals surface area contributed by atoms with Gasteiger partial charge in [-0.15, -0.1) is 11.3 Å². The predicted molar refractivity (Wildman–Crippen MR) is 134 cm³/mol. The minimum absolute atomic E-state index is 0.267. The number of aryl methyl sites for hydroxylation is 1. The Labute approximate surface area is 203 Å². The number of piperazine rings is 1. The van der Waals surface area contributed by atoms with Crippen LogP contribution in [0.4, 0.5) is 0 Å². The summed E-state index contributed by atoms with van der Waals surface area (Å²) in [6.45, 7) is 8.56. The smallest absolute Gasteiger partial charge is 0.167 e. The Morgan fingerprint density at radius 2 is 2.03 bits per heavy atom. The van der Waals surface area contributed by atoms with Crippen LogP contribution in [-0.2, 0) is 6.54 Å². The fourth-order valence-corrected chi connectivity index (χ4v) is 5.27. The lowest BCUT2D eigenvalue weighted by atomic mass is 10.1. The number of hydrogen-bond donors (Lipinski definition) is 1. The van der Waals surface area contributed by atoms with Crippen molar-refractivity contribution in [3.05, 3.63) is 65.3 Å². The van der Waals surface area contributed by atoms with E-state index in [9.17, 15) is 5.11 Å². The molecule has 178 valence electrons. The highest BCUT2D eigenvalue weighted by Crippen LogP contribution is 2.26. The minimum atomic E-state index is -0.550. The molecular formula is C26H30N4O3S. The highest BCUT2D eigenvalue weighted by molar-refractivity contribution is 7.18. The molecule has 0 saturated carbocycles. The summed E-state index contributed by atoms with van der Waals surface area (Å²) in [6.07, 6.45) is -0.550. The van der Waals surface area contributed by atoms with Crippen LogP contribution in [0.5, 0.6) is 5.75 Å². The lowest BCUT2D eigenvalue weighted by Crippen LogP contribution is -2.53. The second-order valence-corrected chi connectivity index (χ2v) is 10.2. The fourth-order valence-electron chi connectivity index (χ4n) is 4.47. The van der Waals surface area contributed by atoms with E-state index in [1.807, 2.05) is 61.5 Å². The first-order valence-electron chi connectivity index (χ1n) is 11.7. The molecule has 1 aliphatic rings. The quantitative estimate of drug-likeness (QED) is 0.407. The number of benzene rings is 2. The Balaban J connectivity index is 1.09. The van der Waals surface area contributed by atoms with E-state index in [2.05, 4.69) is 26.9 Å². The van der Waals surface area contributed by atoms with Gasteiger partial charge in [0.1, 0.15) is 18.5 Å². The van der Waals surface area contributed by atoms with Crippen LogP contribution in [-0.4, -0.2) is 70.0 Å². The van der Waals surface area contributed by atoms with Crippen molar-refractivity contribution >= 4 is 21.6 Å². The van der Waals surface area contributed by atoms with Gasteiger partial charge in [-0.2, -0.15) is 0 Å². The molecule has 1 saturated heterocycles. The second kappa shape index (κ2) is 10.2. The summed E-state index contributed by atoms with van der Waals surface area (Å²) in [5.74, 6) is 1.55. The molecule has 2 aromatic carbocycles. The molecule has 0 bridgehead atoms. The molecular weight excluding hydrogens is 448 g/mol. The topological polar surface area (TPSA) is 74.9 Å². The van der Waals surface area contributed by atoms with Crippen LogP contribution in [0, 0.1) is 6.92 Å². The largest absolute Gasteiger partial charge is 0.491 e. The lowest BCUT2D eigenvalue weighted by Gasteiger charge is -2.40. The molecule has 1 aliphatic heterocycles. The van der Waals surface area contributed by atoms with Crippen molar-refractivity contribution in [3.63, 3.8) is 0 Å². The summed E-state index contributed by atoms with van der Waals surface area (Å²) in [5, 5.41) is 15.9. The maximum atomic E-state index is 10.6. The summed E-state index contributed by atoms with van der Waals surface area (Å²) >= 11 is 1.67. The van der Waals surface area contributed by atoms with Gasteiger partial charge < -0.3 is 14.4 Å². The highest BCUT2D eigenvalue weighted by atomic mass is 32.1. The second-order valence-electron chi connectivity index (χ2n) is 8.95. The molecule has 8 heteroatoms. The first-order valence-corrected chi connectivity index (χ1v) is 12.5. The van der Waals surface area contributed by atoms with E-state index in [0.717, 1.165) is 64.2 Å². The van der Waals surface area contributed by atoms with Crippen LogP contribution in [0.25, 0.3) is 21.5 Å². The average Bonchev–Trinajstić information content (AvgIpc) is 3.45. The zero-order valence-corrected chi connectivity index (χ0v) is 20.4. The molecule has 34 heavy (non-hydrogen) atoms. The van der Waals surface area contributed by atoms with Crippen molar-refractivity contribution in [1.29, 1.82) is 0 Å². The number of thiazole rings is 1. The van der Waals surface area contributed by atoms with Crippen molar-refractivity contribution in [2.75, 3.05) is 32.8 Å². The van der Waals surface area contributed by atoms with Crippen molar-refractivity contribution in [1.82, 2.24) is 19.9 Å². The first kappa shape index (κ1) is 23.0. The SMILES string of the molecule is Cc1nc2cc(OCC(O)CN3CCN(Cc4cc(-c5ccccc5)on4)CC3C)ccc2s1. The van der Waals surface area contributed by atoms with E-state index in [4.69, 9.17) is 9.26 Å². The summed E-state index contributed by atoms with van der Waals surface area (Å²) in [5.41, 5.74) is 2.93. The predicted octanol–water partition coefficient (Wildman–Crippen LogP) is 4.21. The zero-order chi connectivity index (χ0) is 23.5. The third kappa shape index (κ3) is 5.47. The molecule has 0 radical (unpaired) electrons. The van der Waals surface area contributed by atoms with Crippen LogP contribution >= 0.6 is 11.3 Å². The maximum Gasteiger partial charge on any atom is 0.167 e. The lowest BCUT2D eigenvalue weighted by molar-refractivity contribution is 0.0192. The van der Waals surface area contributed by atoms with E-state index in [1.165, 1.54) is 0 Å². The summed E-state index contributed by atoms with van der Waals surface area (Å²) in [4.78, 5) is 9.23. The van der Waals surface area contributed by atoms with E-state index in [-0.39, 0.29) is 6.61 Å². The average molecular weight is 479 g/mol. The van der Waals surface area contributed by atoms with Gasteiger partial charge in [-0.3, -0.25) is 9.80 Å². The van der Waals surface area contributed by atoms with Crippen molar-refractivity contribution in [2.24, 2.45) is 0 Å². The van der Waals surface area contributed by atoms with Gasteiger partial charge in [0.05, 0.1) is 20.9 Å². The number of rotatable bonds is 8. The van der Waals surface area contributed by atoms with Gasteiger partial charge >= 0.3 is 0 Å².